The number of ether oxygens (including phenoxy) is 1. The lowest BCUT2D eigenvalue weighted by atomic mass is 10.2. The molecule has 0 aliphatic rings. The molecule has 1 amide bonds. The summed E-state index contributed by atoms with van der Waals surface area (Å²) in [6.45, 7) is 2.57. The van der Waals surface area contributed by atoms with Crippen LogP contribution in [0.1, 0.15) is 30.3 Å². The van der Waals surface area contributed by atoms with E-state index in [1.165, 1.54) is 0 Å². The maximum Gasteiger partial charge on any atom is 0.305 e. The SMILES string of the molecule is CCC(=O)OCCCNC(=O)c1cc2ccccc2n1C. The molecule has 0 unspecified atom stereocenters. The maximum atomic E-state index is 12.1. The van der Waals surface area contributed by atoms with E-state index >= 15 is 0 Å². The van der Waals surface area contributed by atoms with Gasteiger partial charge >= 0.3 is 5.97 Å². The van der Waals surface area contributed by atoms with Gasteiger partial charge in [0.15, 0.2) is 0 Å². The number of hydrogen-bond donors (Lipinski definition) is 1. The Morgan fingerprint density at radius 3 is 2.76 bits per heavy atom. The van der Waals surface area contributed by atoms with E-state index in [0.29, 0.717) is 31.7 Å². The summed E-state index contributed by atoms with van der Waals surface area (Å²) in [4.78, 5) is 23.1. The van der Waals surface area contributed by atoms with Gasteiger partial charge in [-0.3, -0.25) is 9.59 Å². The molecule has 21 heavy (non-hydrogen) atoms. The van der Waals surface area contributed by atoms with Gasteiger partial charge in [0.05, 0.1) is 6.61 Å². The first-order valence-corrected chi connectivity index (χ1v) is 7.11. The minimum Gasteiger partial charge on any atom is -0.466 e. The van der Waals surface area contributed by atoms with Crippen LogP contribution in [0.3, 0.4) is 0 Å². The molecule has 0 saturated heterocycles. The van der Waals surface area contributed by atoms with Crippen molar-refractivity contribution >= 4 is 22.8 Å². The van der Waals surface area contributed by atoms with Crippen LogP contribution < -0.4 is 5.32 Å². The number of nitrogens with zero attached hydrogens (tertiary/aromatic N) is 1. The van der Waals surface area contributed by atoms with Crippen molar-refractivity contribution in [2.24, 2.45) is 7.05 Å². The summed E-state index contributed by atoms with van der Waals surface area (Å²) < 4.78 is 6.83. The number of esters is 1. The molecule has 1 heterocycles. The summed E-state index contributed by atoms with van der Waals surface area (Å²) in [5, 5.41) is 3.88. The van der Waals surface area contributed by atoms with Crippen LogP contribution in [0.25, 0.3) is 10.9 Å². The second kappa shape index (κ2) is 6.92. The van der Waals surface area contributed by atoms with Crippen LogP contribution in [0, 0.1) is 0 Å². The van der Waals surface area contributed by atoms with Crippen LogP contribution in [0.4, 0.5) is 0 Å². The predicted molar refractivity (Wildman–Crippen MR) is 81.1 cm³/mol. The fraction of sp³-hybridized carbons (Fsp3) is 0.375. The minimum absolute atomic E-state index is 0.115. The number of nitrogens with one attached hydrogen (secondary N) is 1. The van der Waals surface area contributed by atoms with E-state index in [1.807, 2.05) is 41.9 Å². The quantitative estimate of drug-likeness (QED) is 0.655. The summed E-state index contributed by atoms with van der Waals surface area (Å²) >= 11 is 0. The monoisotopic (exact) mass is 288 g/mol. The smallest absolute Gasteiger partial charge is 0.305 e. The summed E-state index contributed by atoms with van der Waals surface area (Å²) in [5.74, 6) is -0.328. The Morgan fingerprint density at radius 2 is 2.05 bits per heavy atom. The molecule has 2 aromatic rings. The number of carbonyl (C=O) groups excluding carboxylic acids is 2. The van der Waals surface area contributed by atoms with Gasteiger partial charge < -0.3 is 14.6 Å². The molecule has 0 aliphatic heterocycles. The second-order valence-electron chi connectivity index (χ2n) is 4.83. The molecule has 112 valence electrons. The fourth-order valence-electron chi connectivity index (χ4n) is 2.16. The Morgan fingerprint density at radius 1 is 1.29 bits per heavy atom. The highest BCUT2D eigenvalue weighted by atomic mass is 16.5. The van der Waals surface area contributed by atoms with Crippen molar-refractivity contribution in [3.63, 3.8) is 0 Å². The summed E-state index contributed by atoms with van der Waals surface area (Å²) in [5.41, 5.74) is 1.65. The summed E-state index contributed by atoms with van der Waals surface area (Å²) in [7, 11) is 1.88. The third kappa shape index (κ3) is 3.62. The van der Waals surface area contributed by atoms with Gasteiger partial charge in [0, 0.05) is 30.9 Å². The molecule has 1 aromatic carbocycles. The first-order valence-electron chi connectivity index (χ1n) is 7.11. The van der Waals surface area contributed by atoms with E-state index in [4.69, 9.17) is 4.74 Å². The lowest BCUT2D eigenvalue weighted by Crippen LogP contribution is -2.27. The number of para-hydroxylation sites is 1. The van der Waals surface area contributed by atoms with Crippen molar-refractivity contribution in [1.82, 2.24) is 9.88 Å². The molecule has 0 radical (unpaired) electrons. The van der Waals surface area contributed by atoms with Crippen LogP contribution in [-0.2, 0) is 16.6 Å². The van der Waals surface area contributed by atoms with Gasteiger partial charge in [-0.1, -0.05) is 25.1 Å². The molecule has 5 nitrogen and oxygen atoms in total. The summed E-state index contributed by atoms with van der Waals surface area (Å²) in [6.07, 6.45) is 0.990. The third-order valence-corrected chi connectivity index (χ3v) is 3.34. The largest absolute Gasteiger partial charge is 0.466 e. The Labute approximate surface area is 123 Å². The number of rotatable bonds is 6. The van der Waals surface area contributed by atoms with E-state index in [-0.39, 0.29) is 11.9 Å². The number of benzene rings is 1. The van der Waals surface area contributed by atoms with Crippen LogP contribution in [-0.4, -0.2) is 29.6 Å². The van der Waals surface area contributed by atoms with Crippen LogP contribution in [0.5, 0.6) is 0 Å². The average molecular weight is 288 g/mol. The van der Waals surface area contributed by atoms with Crippen LogP contribution >= 0.6 is 0 Å². The maximum absolute atomic E-state index is 12.1. The number of aryl methyl sites for hydroxylation is 1. The molecular weight excluding hydrogens is 268 g/mol. The topological polar surface area (TPSA) is 60.3 Å². The molecular formula is C16H20N2O3. The lowest BCUT2D eigenvalue weighted by Gasteiger charge is -2.07. The highest BCUT2D eigenvalue weighted by molar-refractivity contribution is 5.98. The Hall–Kier alpha value is -2.30. The van der Waals surface area contributed by atoms with Gasteiger partial charge in [-0.25, -0.2) is 0 Å². The van der Waals surface area contributed by atoms with Crippen LogP contribution in [0.2, 0.25) is 0 Å². The molecule has 0 atom stereocenters. The van der Waals surface area contributed by atoms with Gasteiger partial charge in [0.1, 0.15) is 5.69 Å². The van der Waals surface area contributed by atoms with Crippen molar-refractivity contribution in [2.75, 3.05) is 13.2 Å². The Balaban J connectivity index is 1.88. The average Bonchev–Trinajstić information content (AvgIpc) is 2.84. The molecule has 0 aliphatic carbocycles. The lowest BCUT2D eigenvalue weighted by molar-refractivity contribution is -0.143. The van der Waals surface area contributed by atoms with E-state index in [0.717, 1.165) is 10.9 Å². The molecule has 0 bridgehead atoms. The van der Waals surface area contributed by atoms with Gasteiger partial charge in [0.25, 0.3) is 5.91 Å². The van der Waals surface area contributed by atoms with Crippen molar-refractivity contribution in [1.29, 1.82) is 0 Å². The van der Waals surface area contributed by atoms with E-state index in [1.54, 1.807) is 6.92 Å². The van der Waals surface area contributed by atoms with Crippen molar-refractivity contribution in [3.8, 4) is 0 Å². The minimum atomic E-state index is -0.213. The second-order valence-corrected chi connectivity index (χ2v) is 4.83. The van der Waals surface area contributed by atoms with Gasteiger partial charge in [0.2, 0.25) is 0 Å². The van der Waals surface area contributed by atoms with Crippen LogP contribution in [0.15, 0.2) is 30.3 Å². The Kier molecular flexibility index (Phi) is 4.98. The number of carbonyl (C=O) groups is 2. The highest BCUT2D eigenvalue weighted by Crippen LogP contribution is 2.17. The number of hydrogen-bond acceptors (Lipinski definition) is 3. The zero-order valence-electron chi connectivity index (χ0n) is 12.4. The first-order chi connectivity index (χ1) is 10.1. The van der Waals surface area contributed by atoms with Crippen molar-refractivity contribution in [2.45, 2.75) is 19.8 Å². The standard InChI is InChI=1S/C16H20N2O3/c1-3-15(19)21-10-6-9-17-16(20)14-11-12-7-4-5-8-13(12)18(14)2/h4-5,7-8,11H,3,6,9-10H2,1-2H3,(H,17,20). The molecule has 5 heteroatoms. The fourth-order valence-corrected chi connectivity index (χ4v) is 2.16. The predicted octanol–water partition coefficient (Wildman–Crippen LogP) is 2.25. The zero-order chi connectivity index (χ0) is 15.2. The molecule has 0 spiro atoms. The van der Waals surface area contributed by atoms with E-state index in [2.05, 4.69) is 5.32 Å². The van der Waals surface area contributed by atoms with Crippen molar-refractivity contribution in [3.05, 3.63) is 36.0 Å². The molecule has 0 fully saturated rings. The van der Waals surface area contributed by atoms with E-state index < -0.39 is 0 Å². The molecule has 2 rings (SSSR count). The molecule has 1 aromatic heterocycles. The van der Waals surface area contributed by atoms with Gasteiger partial charge in [-0.15, -0.1) is 0 Å². The van der Waals surface area contributed by atoms with Crippen molar-refractivity contribution < 1.29 is 14.3 Å². The number of aromatic nitrogens is 1. The number of fused-ring (bicyclic) bond motifs is 1. The zero-order valence-corrected chi connectivity index (χ0v) is 12.4. The third-order valence-electron chi connectivity index (χ3n) is 3.34. The molecule has 1 N–H and O–H groups in total. The highest BCUT2D eigenvalue weighted by Gasteiger charge is 2.12. The molecule has 0 saturated carbocycles. The van der Waals surface area contributed by atoms with Gasteiger partial charge in [-0.05, 0) is 18.6 Å². The Bertz CT molecular complexity index is 646. The normalized spacial score (nSPS) is 10.6. The first kappa shape index (κ1) is 15.1. The van der Waals surface area contributed by atoms with Gasteiger partial charge in [-0.2, -0.15) is 0 Å². The number of amides is 1. The van der Waals surface area contributed by atoms with E-state index in [9.17, 15) is 9.59 Å². The summed E-state index contributed by atoms with van der Waals surface area (Å²) in [6, 6.07) is 9.74.